The van der Waals surface area contributed by atoms with Gasteiger partial charge in [0.1, 0.15) is 11.9 Å². The summed E-state index contributed by atoms with van der Waals surface area (Å²) in [6, 6.07) is 5.12. The highest BCUT2D eigenvalue weighted by molar-refractivity contribution is 5.78. The predicted octanol–water partition coefficient (Wildman–Crippen LogP) is 0.616. The van der Waals surface area contributed by atoms with Crippen molar-refractivity contribution < 1.29 is 9.53 Å². The van der Waals surface area contributed by atoms with E-state index in [1.165, 1.54) is 6.07 Å². The fraction of sp³-hybridized carbons (Fsp3) is 0.375. The Morgan fingerprint density at radius 3 is 3.13 bits per heavy atom. The molecule has 0 aromatic carbocycles. The molecule has 1 aliphatic rings. The second-order valence-corrected chi connectivity index (χ2v) is 5.49. The van der Waals surface area contributed by atoms with E-state index in [0.717, 1.165) is 5.56 Å². The quantitative estimate of drug-likeness (QED) is 0.897. The predicted molar refractivity (Wildman–Crippen MR) is 82.8 cm³/mol. The molecule has 0 bridgehead atoms. The van der Waals surface area contributed by atoms with Gasteiger partial charge in [-0.2, -0.15) is 0 Å². The van der Waals surface area contributed by atoms with Gasteiger partial charge in [0.05, 0.1) is 25.3 Å². The van der Waals surface area contributed by atoms with Crippen LogP contribution in [0.4, 0.5) is 0 Å². The molecule has 23 heavy (non-hydrogen) atoms. The molecule has 0 spiro atoms. The summed E-state index contributed by atoms with van der Waals surface area (Å²) in [5, 5.41) is 0. The third-order valence-corrected chi connectivity index (χ3v) is 3.71. The maximum Gasteiger partial charge on any atom is 0.251 e. The van der Waals surface area contributed by atoms with E-state index in [0.29, 0.717) is 37.6 Å². The molecule has 1 atom stereocenters. The highest BCUT2D eigenvalue weighted by Crippen LogP contribution is 2.20. The Labute approximate surface area is 133 Å². The van der Waals surface area contributed by atoms with Crippen LogP contribution in [0.15, 0.2) is 35.4 Å². The van der Waals surface area contributed by atoms with Crippen molar-refractivity contribution in [1.82, 2.24) is 19.9 Å². The summed E-state index contributed by atoms with van der Waals surface area (Å²) in [6.45, 7) is 3.09. The van der Waals surface area contributed by atoms with Gasteiger partial charge in [0.25, 0.3) is 5.56 Å². The van der Waals surface area contributed by atoms with Crippen LogP contribution in [0.3, 0.4) is 0 Å². The molecule has 3 rings (SSSR count). The van der Waals surface area contributed by atoms with Gasteiger partial charge in [-0.1, -0.05) is 6.07 Å². The number of hydrogen-bond acceptors (Lipinski definition) is 5. The average molecular weight is 314 g/mol. The molecule has 1 fully saturated rings. The molecule has 0 aliphatic carbocycles. The molecule has 1 aliphatic heterocycles. The van der Waals surface area contributed by atoms with Gasteiger partial charge >= 0.3 is 0 Å². The van der Waals surface area contributed by atoms with Gasteiger partial charge in [-0.15, -0.1) is 0 Å². The number of amides is 1. The van der Waals surface area contributed by atoms with Crippen LogP contribution in [0.2, 0.25) is 0 Å². The monoisotopic (exact) mass is 314 g/mol. The number of H-pyrrole nitrogens is 1. The molecule has 3 heterocycles. The summed E-state index contributed by atoms with van der Waals surface area (Å²) < 4.78 is 5.68. The molecule has 1 N–H and O–H groups in total. The first kappa shape index (κ1) is 15.4. The number of aromatic amines is 1. The van der Waals surface area contributed by atoms with Gasteiger partial charge < -0.3 is 14.6 Å². The van der Waals surface area contributed by atoms with Crippen molar-refractivity contribution in [3.63, 3.8) is 0 Å². The van der Waals surface area contributed by atoms with Gasteiger partial charge in [-0.3, -0.25) is 14.6 Å². The van der Waals surface area contributed by atoms with Crippen molar-refractivity contribution in [2.45, 2.75) is 19.4 Å². The number of hydrogen-bond donors (Lipinski definition) is 1. The number of aromatic nitrogens is 3. The normalized spacial score (nSPS) is 18.0. The highest BCUT2D eigenvalue weighted by Gasteiger charge is 2.26. The van der Waals surface area contributed by atoms with E-state index >= 15 is 0 Å². The van der Waals surface area contributed by atoms with Crippen molar-refractivity contribution in [3.8, 4) is 0 Å². The fourth-order valence-corrected chi connectivity index (χ4v) is 2.61. The first-order valence-corrected chi connectivity index (χ1v) is 7.48. The average Bonchev–Trinajstić information content (AvgIpc) is 2.55. The minimum atomic E-state index is -0.373. The lowest BCUT2D eigenvalue weighted by Crippen LogP contribution is -2.43. The van der Waals surface area contributed by atoms with Crippen LogP contribution in [-0.4, -0.2) is 45.5 Å². The molecule has 7 nitrogen and oxygen atoms in total. The zero-order valence-corrected chi connectivity index (χ0v) is 12.9. The van der Waals surface area contributed by atoms with E-state index in [1.807, 2.05) is 12.1 Å². The van der Waals surface area contributed by atoms with Crippen LogP contribution in [0.1, 0.15) is 23.2 Å². The van der Waals surface area contributed by atoms with Gasteiger partial charge in [-0.05, 0) is 18.6 Å². The summed E-state index contributed by atoms with van der Waals surface area (Å²) in [4.78, 5) is 36.7. The lowest BCUT2D eigenvalue weighted by atomic mass is 10.1. The highest BCUT2D eigenvalue weighted by atomic mass is 16.5. The van der Waals surface area contributed by atoms with E-state index in [1.54, 1.807) is 24.2 Å². The second-order valence-electron chi connectivity index (χ2n) is 5.49. The standard InChI is InChI=1S/C16H18N4O3/c1-11-18-13(8-15(21)19-11)14-10-20(5-6-23-14)16(22)7-12-3-2-4-17-9-12/h2-4,8-9,14H,5-7,10H2,1H3,(H,18,19,21)/t14-/m1/s1. The lowest BCUT2D eigenvalue weighted by Gasteiger charge is -2.32. The third-order valence-electron chi connectivity index (χ3n) is 3.71. The SMILES string of the molecule is Cc1nc([C@H]2CN(C(=O)Cc3cccnc3)CCO2)cc(=O)[nH]1. The molecule has 0 radical (unpaired) electrons. The largest absolute Gasteiger partial charge is 0.368 e. The summed E-state index contributed by atoms with van der Waals surface area (Å²) in [5.74, 6) is 0.558. The summed E-state index contributed by atoms with van der Waals surface area (Å²) >= 11 is 0. The molecule has 0 unspecified atom stereocenters. The van der Waals surface area contributed by atoms with E-state index < -0.39 is 0 Å². The number of ether oxygens (including phenoxy) is 1. The number of carbonyl (C=O) groups is 1. The summed E-state index contributed by atoms with van der Waals surface area (Å²) in [7, 11) is 0. The van der Waals surface area contributed by atoms with Crippen LogP contribution in [0, 0.1) is 6.92 Å². The number of rotatable bonds is 3. The Bertz CT molecular complexity index is 744. The number of pyridine rings is 1. The summed E-state index contributed by atoms with van der Waals surface area (Å²) in [6.07, 6.45) is 3.31. The minimum Gasteiger partial charge on any atom is -0.368 e. The van der Waals surface area contributed by atoms with E-state index in [-0.39, 0.29) is 17.6 Å². The maximum atomic E-state index is 12.4. The molecule has 2 aromatic heterocycles. The van der Waals surface area contributed by atoms with Crippen LogP contribution in [0.25, 0.3) is 0 Å². The number of nitrogens with one attached hydrogen (secondary N) is 1. The first-order chi connectivity index (χ1) is 11.1. The minimum absolute atomic E-state index is 0.0212. The van der Waals surface area contributed by atoms with Crippen molar-refractivity contribution in [2.75, 3.05) is 19.7 Å². The van der Waals surface area contributed by atoms with E-state index in [9.17, 15) is 9.59 Å². The first-order valence-electron chi connectivity index (χ1n) is 7.48. The van der Waals surface area contributed by atoms with E-state index in [4.69, 9.17) is 4.74 Å². The second kappa shape index (κ2) is 6.70. The van der Waals surface area contributed by atoms with Gasteiger partial charge in [0.2, 0.25) is 5.91 Å². The molecule has 1 saturated heterocycles. The van der Waals surface area contributed by atoms with E-state index in [2.05, 4.69) is 15.0 Å². The van der Waals surface area contributed by atoms with Crippen LogP contribution >= 0.6 is 0 Å². The smallest absolute Gasteiger partial charge is 0.251 e. The zero-order chi connectivity index (χ0) is 16.2. The lowest BCUT2D eigenvalue weighted by molar-refractivity contribution is -0.138. The van der Waals surface area contributed by atoms with Crippen molar-refractivity contribution >= 4 is 5.91 Å². The number of morpholine rings is 1. The number of carbonyl (C=O) groups excluding carboxylic acids is 1. The van der Waals surface area contributed by atoms with Crippen molar-refractivity contribution in [3.05, 3.63) is 58.0 Å². The van der Waals surface area contributed by atoms with Crippen molar-refractivity contribution in [1.29, 1.82) is 0 Å². The molecule has 7 heteroatoms. The molecule has 120 valence electrons. The Morgan fingerprint density at radius 2 is 2.39 bits per heavy atom. The van der Waals surface area contributed by atoms with Crippen LogP contribution in [0.5, 0.6) is 0 Å². The van der Waals surface area contributed by atoms with Gasteiger partial charge in [0.15, 0.2) is 0 Å². The van der Waals surface area contributed by atoms with Gasteiger partial charge in [0, 0.05) is 25.0 Å². The molecule has 1 amide bonds. The maximum absolute atomic E-state index is 12.4. The van der Waals surface area contributed by atoms with Crippen LogP contribution < -0.4 is 5.56 Å². The zero-order valence-electron chi connectivity index (χ0n) is 12.9. The molecular formula is C16H18N4O3. The van der Waals surface area contributed by atoms with Crippen molar-refractivity contribution in [2.24, 2.45) is 0 Å². The van der Waals surface area contributed by atoms with Gasteiger partial charge in [-0.25, -0.2) is 4.98 Å². The molecular weight excluding hydrogens is 296 g/mol. The number of nitrogens with zero attached hydrogens (tertiary/aromatic N) is 3. The third kappa shape index (κ3) is 3.81. The Balaban J connectivity index is 1.70. The Hall–Kier alpha value is -2.54. The molecule has 0 saturated carbocycles. The fourth-order valence-electron chi connectivity index (χ4n) is 2.61. The molecule has 2 aromatic rings. The summed E-state index contributed by atoms with van der Waals surface area (Å²) in [5.41, 5.74) is 1.23. The Morgan fingerprint density at radius 1 is 1.52 bits per heavy atom. The van der Waals surface area contributed by atoms with Crippen LogP contribution in [-0.2, 0) is 16.0 Å². The topological polar surface area (TPSA) is 88.2 Å². The number of aryl methyl sites for hydroxylation is 1. The Kier molecular flexibility index (Phi) is 4.47.